The molecule has 0 aromatic rings. The van der Waals surface area contributed by atoms with Crippen LogP contribution in [0.4, 0.5) is 0 Å². The molecule has 0 spiro atoms. The van der Waals surface area contributed by atoms with Crippen molar-refractivity contribution in [2.45, 2.75) is 25.1 Å². The van der Waals surface area contributed by atoms with Gasteiger partial charge in [0.2, 0.25) is 5.91 Å². The molecule has 1 aliphatic rings. The minimum atomic E-state index is -0.604. The molecule has 0 radical (unpaired) electrons. The number of nitrogens with one attached hydrogen (secondary N) is 1. The summed E-state index contributed by atoms with van der Waals surface area (Å²) in [5.41, 5.74) is 5.32. The van der Waals surface area contributed by atoms with Gasteiger partial charge in [-0.1, -0.05) is 0 Å². The maximum Gasteiger partial charge on any atom is 0.237 e. The van der Waals surface area contributed by atoms with E-state index in [1.165, 1.54) is 0 Å². The van der Waals surface area contributed by atoms with Gasteiger partial charge in [-0.3, -0.25) is 4.79 Å². The standard InChI is InChI=1S/C7H14N2O3/c1-4(8)7(11)9-5-2-12-3-6(5)10/h4-6,10H,2-3,8H2,1H3,(H,9,11)/t4-,5-,6-/m1/s1. The summed E-state index contributed by atoms with van der Waals surface area (Å²) in [6, 6.07) is -0.846. The molecule has 1 aliphatic heterocycles. The summed E-state index contributed by atoms with van der Waals surface area (Å²) in [7, 11) is 0. The highest BCUT2D eigenvalue weighted by Crippen LogP contribution is 2.04. The first-order valence-electron chi connectivity index (χ1n) is 3.93. The second-order valence-corrected chi connectivity index (χ2v) is 3.01. The minimum absolute atomic E-state index is 0.260. The van der Waals surface area contributed by atoms with Gasteiger partial charge in [0.25, 0.3) is 0 Å². The van der Waals surface area contributed by atoms with Crippen molar-refractivity contribution < 1.29 is 14.6 Å². The molecule has 1 fully saturated rings. The normalized spacial score (nSPS) is 31.6. The van der Waals surface area contributed by atoms with Crippen LogP contribution in [-0.4, -0.2) is 42.4 Å². The summed E-state index contributed by atoms with van der Waals surface area (Å²) in [4.78, 5) is 11.0. The number of rotatable bonds is 2. The molecule has 1 amide bonds. The summed E-state index contributed by atoms with van der Waals surface area (Å²) in [6.45, 7) is 2.24. The molecule has 1 rings (SSSR count). The smallest absolute Gasteiger partial charge is 0.237 e. The van der Waals surface area contributed by atoms with Gasteiger partial charge in [0, 0.05) is 0 Å². The molecule has 0 aliphatic carbocycles. The van der Waals surface area contributed by atoms with E-state index >= 15 is 0 Å². The number of hydrogen-bond donors (Lipinski definition) is 3. The molecule has 0 bridgehead atoms. The van der Waals surface area contributed by atoms with Gasteiger partial charge in [-0.25, -0.2) is 0 Å². The van der Waals surface area contributed by atoms with Crippen molar-refractivity contribution >= 4 is 5.91 Å². The van der Waals surface area contributed by atoms with Crippen molar-refractivity contribution in [3.63, 3.8) is 0 Å². The molecule has 0 unspecified atom stereocenters. The van der Waals surface area contributed by atoms with Crippen LogP contribution in [-0.2, 0) is 9.53 Å². The quantitative estimate of drug-likeness (QED) is 0.461. The topological polar surface area (TPSA) is 84.6 Å². The lowest BCUT2D eigenvalue weighted by molar-refractivity contribution is -0.123. The average molecular weight is 174 g/mol. The molecular weight excluding hydrogens is 160 g/mol. The van der Waals surface area contributed by atoms with E-state index in [0.29, 0.717) is 6.61 Å². The molecule has 3 atom stereocenters. The predicted molar refractivity (Wildman–Crippen MR) is 42.4 cm³/mol. The van der Waals surface area contributed by atoms with E-state index in [4.69, 9.17) is 10.5 Å². The van der Waals surface area contributed by atoms with E-state index in [1.807, 2.05) is 0 Å². The Balaban J connectivity index is 2.35. The number of aliphatic hydroxyl groups excluding tert-OH is 1. The summed E-state index contributed by atoms with van der Waals surface area (Å²) in [5, 5.41) is 11.8. The number of nitrogens with two attached hydrogens (primary N) is 1. The number of hydrogen-bond acceptors (Lipinski definition) is 4. The lowest BCUT2D eigenvalue weighted by atomic mass is 10.2. The third kappa shape index (κ3) is 2.17. The van der Waals surface area contributed by atoms with Crippen LogP contribution in [0.3, 0.4) is 0 Å². The zero-order valence-electron chi connectivity index (χ0n) is 6.99. The molecule has 1 heterocycles. The Labute approximate surface area is 70.9 Å². The predicted octanol–water partition coefficient (Wildman–Crippen LogP) is -1.79. The molecule has 0 aromatic carbocycles. The number of amides is 1. The molecular formula is C7H14N2O3. The molecule has 70 valence electrons. The fourth-order valence-corrected chi connectivity index (χ4v) is 0.995. The van der Waals surface area contributed by atoms with Crippen LogP contribution in [0.15, 0.2) is 0 Å². The molecule has 1 saturated heterocycles. The summed E-state index contributed by atoms with van der Waals surface area (Å²) < 4.78 is 4.94. The maximum absolute atomic E-state index is 11.0. The van der Waals surface area contributed by atoms with Gasteiger partial charge in [-0.05, 0) is 6.92 Å². The Hall–Kier alpha value is -0.650. The molecule has 12 heavy (non-hydrogen) atoms. The van der Waals surface area contributed by atoms with E-state index in [1.54, 1.807) is 6.92 Å². The number of aliphatic hydroxyl groups is 1. The Morgan fingerprint density at radius 2 is 2.42 bits per heavy atom. The van der Waals surface area contributed by atoms with E-state index in [9.17, 15) is 9.90 Å². The Bertz CT molecular complexity index is 172. The fourth-order valence-electron chi connectivity index (χ4n) is 0.995. The fraction of sp³-hybridized carbons (Fsp3) is 0.857. The third-order valence-corrected chi connectivity index (χ3v) is 1.79. The van der Waals surface area contributed by atoms with Crippen LogP contribution in [0.25, 0.3) is 0 Å². The Morgan fingerprint density at radius 1 is 1.75 bits per heavy atom. The maximum atomic E-state index is 11.0. The van der Waals surface area contributed by atoms with Gasteiger partial charge in [0.15, 0.2) is 0 Å². The van der Waals surface area contributed by atoms with Crippen LogP contribution < -0.4 is 11.1 Å². The van der Waals surface area contributed by atoms with Gasteiger partial charge >= 0.3 is 0 Å². The molecule has 5 heteroatoms. The Morgan fingerprint density at radius 3 is 2.83 bits per heavy atom. The van der Waals surface area contributed by atoms with Crippen LogP contribution in [0, 0.1) is 0 Å². The molecule has 5 nitrogen and oxygen atoms in total. The number of carbonyl (C=O) groups is 1. The van der Waals surface area contributed by atoms with Crippen molar-refractivity contribution in [1.82, 2.24) is 5.32 Å². The van der Waals surface area contributed by atoms with Crippen molar-refractivity contribution in [1.29, 1.82) is 0 Å². The second kappa shape index (κ2) is 3.84. The number of carbonyl (C=O) groups excluding carboxylic acids is 1. The summed E-state index contributed by atoms with van der Waals surface area (Å²) in [6.07, 6.45) is -0.604. The summed E-state index contributed by atoms with van der Waals surface area (Å²) >= 11 is 0. The zero-order valence-corrected chi connectivity index (χ0v) is 6.99. The van der Waals surface area contributed by atoms with Gasteiger partial charge in [-0.15, -0.1) is 0 Å². The van der Waals surface area contributed by atoms with Gasteiger partial charge in [0.05, 0.1) is 31.4 Å². The highest BCUT2D eigenvalue weighted by molar-refractivity contribution is 5.81. The zero-order chi connectivity index (χ0) is 9.14. The molecule has 4 N–H and O–H groups in total. The van der Waals surface area contributed by atoms with Crippen molar-refractivity contribution in [2.75, 3.05) is 13.2 Å². The first-order chi connectivity index (χ1) is 5.61. The first kappa shape index (κ1) is 9.44. The van der Waals surface area contributed by atoms with E-state index < -0.39 is 12.1 Å². The van der Waals surface area contributed by atoms with Crippen LogP contribution in [0.2, 0.25) is 0 Å². The van der Waals surface area contributed by atoms with Crippen molar-refractivity contribution in [2.24, 2.45) is 5.73 Å². The van der Waals surface area contributed by atoms with Crippen LogP contribution in [0.1, 0.15) is 6.92 Å². The Kier molecular flexibility index (Phi) is 3.02. The number of ether oxygens (including phenoxy) is 1. The lowest BCUT2D eigenvalue weighted by Crippen LogP contribution is -2.48. The average Bonchev–Trinajstić information content (AvgIpc) is 2.36. The lowest BCUT2D eigenvalue weighted by Gasteiger charge is -2.15. The van der Waals surface area contributed by atoms with Gasteiger partial charge < -0.3 is 20.9 Å². The minimum Gasteiger partial charge on any atom is -0.388 e. The monoisotopic (exact) mass is 174 g/mol. The van der Waals surface area contributed by atoms with E-state index in [0.717, 1.165) is 0 Å². The van der Waals surface area contributed by atoms with E-state index in [2.05, 4.69) is 5.32 Å². The highest BCUT2D eigenvalue weighted by atomic mass is 16.5. The van der Waals surface area contributed by atoms with Gasteiger partial charge in [0.1, 0.15) is 0 Å². The van der Waals surface area contributed by atoms with Crippen molar-refractivity contribution in [3.8, 4) is 0 Å². The van der Waals surface area contributed by atoms with Crippen LogP contribution in [0.5, 0.6) is 0 Å². The van der Waals surface area contributed by atoms with Gasteiger partial charge in [-0.2, -0.15) is 0 Å². The summed E-state index contributed by atoms with van der Waals surface area (Å²) in [5.74, 6) is -0.260. The largest absolute Gasteiger partial charge is 0.388 e. The van der Waals surface area contributed by atoms with Crippen molar-refractivity contribution in [3.05, 3.63) is 0 Å². The van der Waals surface area contributed by atoms with E-state index in [-0.39, 0.29) is 18.6 Å². The highest BCUT2D eigenvalue weighted by Gasteiger charge is 2.27. The third-order valence-electron chi connectivity index (χ3n) is 1.79. The SMILES string of the molecule is C[C@@H](N)C(=O)N[C@@H]1COC[C@H]1O. The second-order valence-electron chi connectivity index (χ2n) is 3.01. The molecule has 0 saturated carbocycles. The molecule has 0 aromatic heterocycles. The van der Waals surface area contributed by atoms with Crippen LogP contribution >= 0.6 is 0 Å². The first-order valence-corrected chi connectivity index (χ1v) is 3.93.